The van der Waals surface area contributed by atoms with Crippen molar-refractivity contribution in [3.05, 3.63) is 36.5 Å². The highest BCUT2D eigenvalue weighted by Crippen LogP contribution is 2.15. The molecule has 2 rings (SSSR count). The zero-order valence-electron chi connectivity index (χ0n) is 5.17. The van der Waals surface area contributed by atoms with Crippen LogP contribution in [0, 0.1) is 5.82 Å². The van der Waals surface area contributed by atoms with E-state index in [1.165, 1.54) is 18.4 Å². The van der Waals surface area contributed by atoms with Crippen molar-refractivity contribution in [3.63, 3.8) is 0 Å². The quantitative estimate of drug-likeness (QED) is 0.542. The topological polar surface area (TPSA) is 13.1 Å². The van der Waals surface area contributed by atoms with Gasteiger partial charge in [0.2, 0.25) is 0 Å². The van der Waals surface area contributed by atoms with Gasteiger partial charge in [0.1, 0.15) is 5.82 Å². The molecule has 0 fully saturated rings. The van der Waals surface area contributed by atoms with Gasteiger partial charge in [0.05, 0.1) is 12.5 Å². The third-order valence-electron chi connectivity index (χ3n) is 1.44. The van der Waals surface area contributed by atoms with Crippen molar-refractivity contribution in [1.82, 2.24) is 0 Å². The Kier molecular flexibility index (Phi) is 1.01. The molecule has 0 amide bonds. The Bertz CT molecular complexity index is 351. The fraction of sp³-hybridized carbons (Fsp3) is 0. The van der Waals surface area contributed by atoms with E-state index >= 15 is 0 Å². The molecule has 1 aromatic heterocycles. The van der Waals surface area contributed by atoms with Gasteiger partial charge in [-0.25, -0.2) is 4.39 Å². The maximum Gasteiger partial charge on any atom is 0.123 e. The zero-order chi connectivity index (χ0) is 6.97. The Balaban J connectivity index is 2.86. The van der Waals surface area contributed by atoms with Crippen LogP contribution in [0.2, 0.25) is 0 Å². The molecule has 0 bridgehead atoms. The van der Waals surface area contributed by atoms with Crippen molar-refractivity contribution >= 4 is 10.8 Å². The first-order chi connectivity index (χ1) is 4.86. The molecular weight excluding hydrogens is 131 g/mol. The van der Waals surface area contributed by atoms with Gasteiger partial charge < -0.3 is 4.42 Å². The summed E-state index contributed by atoms with van der Waals surface area (Å²) in [6.07, 6.45) is 3.12. The van der Waals surface area contributed by atoms with Crippen LogP contribution in [0.25, 0.3) is 10.8 Å². The smallest absolute Gasteiger partial charge is 0.123 e. The van der Waals surface area contributed by atoms with E-state index in [0.717, 1.165) is 10.8 Å². The van der Waals surface area contributed by atoms with Crippen LogP contribution in [0.1, 0.15) is 0 Å². The Morgan fingerprint density at radius 3 is 2.80 bits per heavy atom. The number of benzene rings is 1. The highest BCUT2D eigenvalue weighted by atomic mass is 19.1. The van der Waals surface area contributed by atoms with E-state index in [0.29, 0.717) is 0 Å². The summed E-state index contributed by atoms with van der Waals surface area (Å²) >= 11 is 0. The molecule has 2 aromatic rings. The third kappa shape index (κ3) is 0.692. The molecule has 10 heavy (non-hydrogen) atoms. The van der Waals surface area contributed by atoms with Crippen molar-refractivity contribution in [3.8, 4) is 0 Å². The molecule has 0 aliphatic heterocycles. The Morgan fingerprint density at radius 2 is 1.90 bits per heavy atom. The summed E-state index contributed by atoms with van der Waals surface area (Å²) in [5, 5.41) is 1.74. The Hall–Kier alpha value is -1.31. The number of hydrogen-bond donors (Lipinski definition) is 0. The second-order valence-electron chi connectivity index (χ2n) is 2.15. The molecule has 0 radical (unpaired) electrons. The van der Waals surface area contributed by atoms with E-state index in [1.54, 1.807) is 12.3 Å². The minimum Gasteiger partial charge on any atom is -0.471 e. The maximum absolute atomic E-state index is 12.5. The van der Waals surface area contributed by atoms with Crippen molar-refractivity contribution in [2.45, 2.75) is 0 Å². The second-order valence-corrected chi connectivity index (χ2v) is 2.15. The summed E-state index contributed by atoms with van der Waals surface area (Å²) in [7, 11) is 0. The van der Waals surface area contributed by atoms with Gasteiger partial charge in [0.25, 0.3) is 0 Å². The summed E-state index contributed by atoms with van der Waals surface area (Å²) < 4.78 is 17.3. The maximum atomic E-state index is 12.5. The monoisotopic (exact) mass is 136 g/mol. The van der Waals surface area contributed by atoms with Gasteiger partial charge in [-0.3, -0.25) is 0 Å². The molecule has 2 heteroatoms. The molecule has 0 atom stereocenters. The minimum absolute atomic E-state index is 0.228. The van der Waals surface area contributed by atoms with E-state index < -0.39 is 0 Å². The first-order valence-electron chi connectivity index (χ1n) is 2.98. The lowest BCUT2D eigenvalue weighted by Gasteiger charge is -1.85. The van der Waals surface area contributed by atoms with Crippen LogP contribution in [-0.4, -0.2) is 0 Å². The van der Waals surface area contributed by atoms with Crippen LogP contribution < -0.4 is 0 Å². The fourth-order valence-corrected chi connectivity index (χ4v) is 0.936. The first kappa shape index (κ1) is 5.47. The van der Waals surface area contributed by atoms with Gasteiger partial charge in [-0.05, 0) is 18.2 Å². The number of furan rings is 1. The van der Waals surface area contributed by atoms with Crippen LogP contribution in [0.5, 0.6) is 0 Å². The zero-order valence-corrected chi connectivity index (χ0v) is 5.17. The summed E-state index contributed by atoms with van der Waals surface area (Å²) in [6.45, 7) is 0. The highest BCUT2D eigenvalue weighted by molar-refractivity contribution is 5.80. The number of fused-ring (bicyclic) bond motifs is 1. The Labute approximate surface area is 57.1 Å². The van der Waals surface area contributed by atoms with E-state index in [4.69, 9.17) is 4.42 Å². The predicted molar refractivity (Wildman–Crippen MR) is 36.2 cm³/mol. The van der Waals surface area contributed by atoms with Crippen molar-refractivity contribution < 1.29 is 8.81 Å². The first-order valence-corrected chi connectivity index (χ1v) is 2.98. The van der Waals surface area contributed by atoms with Crippen molar-refractivity contribution in [2.75, 3.05) is 0 Å². The van der Waals surface area contributed by atoms with Gasteiger partial charge in [-0.2, -0.15) is 0 Å². The minimum atomic E-state index is -0.228. The van der Waals surface area contributed by atoms with Crippen LogP contribution in [0.4, 0.5) is 4.39 Å². The molecular formula is C8H5FO. The number of halogens is 1. The third-order valence-corrected chi connectivity index (χ3v) is 1.44. The fourth-order valence-electron chi connectivity index (χ4n) is 0.936. The lowest BCUT2D eigenvalue weighted by molar-refractivity contribution is 0.572. The molecule has 0 saturated heterocycles. The van der Waals surface area contributed by atoms with Gasteiger partial charge in [0.15, 0.2) is 0 Å². The van der Waals surface area contributed by atoms with E-state index in [9.17, 15) is 4.39 Å². The number of hydrogen-bond acceptors (Lipinski definition) is 1. The molecule has 1 heterocycles. The van der Waals surface area contributed by atoms with E-state index in [2.05, 4.69) is 0 Å². The van der Waals surface area contributed by atoms with E-state index in [-0.39, 0.29) is 5.82 Å². The molecule has 1 aromatic carbocycles. The summed E-state index contributed by atoms with van der Waals surface area (Å²) in [5.41, 5.74) is 0. The standard InChI is InChI=1S/C8H5FO/c9-8-2-1-6-4-10-5-7(6)3-8/h1-5H. The average Bonchev–Trinajstić information content (AvgIpc) is 2.33. The van der Waals surface area contributed by atoms with Gasteiger partial charge in [0, 0.05) is 10.8 Å². The summed E-state index contributed by atoms with van der Waals surface area (Å²) in [6, 6.07) is 4.55. The molecule has 50 valence electrons. The van der Waals surface area contributed by atoms with Crippen LogP contribution in [-0.2, 0) is 0 Å². The van der Waals surface area contributed by atoms with Crippen LogP contribution in [0.3, 0.4) is 0 Å². The van der Waals surface area contributed by atoms with Gasteiger partial charge in [-0.1, -0.05) is 0 Å². The van der Waals surface area contributed by atoms with Gasteiger partial charge in [-0.15, -0.1) is 0 Å². The Morgan fingerprint density at radius 1 is 1.10 bits per heavy atom. The van der Waals surface area contributed by atoms with E-state index in [1.807, 2.05) is 0 Å². The molecule has 0 aliphatic carbocycles. The van der Waals surface area contributed by atoms with Crippen LogP contribution >= 0.6 is 0 Å². The highest BCUT2D eigenvalue weighted by Gasteiger charge is 1.95. The second kappa shape index (κ2) is 1.84. The normalized spacial score (nSPS) is 10.5. The molecule has 0 aliphatic rings. The molecule has 1 nitrogen and oxygen atoms in total. The van der Waals surface area contributed by atoms with Crippen LogP contribution in [0.15, 0.2) is 35.1 Å². The lowest BCUT2D eigenvalue weighted by Crippen LogP contribution is -1.68. The molecule has 0 N–H and O–H groups in total. The lowest BCUT2D eigenvalue weighted by atomic mass is 10.2. The van der Waals surface area contributed by atoms with Crippen molar-refractivity contribution in [2.24, 2.45) is 0 Å². The summed E-state index contributed by atoms with van der Waals surface area (Å²) in [5.74, 6) is -0.228. The summed E-state index contributed by atoms with van der Waals surface area (Å²) in [4.78, 5) is 0. The molecule has 0 saturated carbocycles. The van der Waals surface area contributed by atoms with Gasteiger partial charge >= 0.3 is 0 Å². The largest absolute Gasteiger partial charge is 0.471 e. The number of rotatable bonds is 0. The molecule has 0 unspecified atom stereocenters. The molecule has 0 spiro atoms. The van der Waals surface area contributed by atoms with Crippen molar-refractivity contribution in [1.29, 1.82) is 0 Å². The SMILES string of the molecule is Fc1ccc2cocc2c1. The predicted octanol–water partition coefficient (Wildman–Crippen LogP) is 2.57. The average molecular weight is 136 g/mol.